The summed E-state index contributed by atoms with van der Waals surface area (Å²) in [4.78, 5) is 3.91. The van der Waals surface area contributed by atoms with E-state index < -0.39 is 17.0 Å². The van der Waals surface area contributed by atoms with Gasteiger partial charge in [0.2, 0.25) is 0 Å². The van der Waals surface area contributed by atoms with E-state index in [0.29, 0.717) is 0 Å². The van der Waals surface area contributed by atoms with Crippen LogP contribution in [0, 0.1) is 11.6 Å². The maximum atomic E-state index is 13.8. The van der Waals surface area contributed by atoms with Gasteiger partial charge in [0.25, 0.3) is 0 Å². The first-order chi connectivity index (χ1) is 9.00. The molecule has 0 saturated heterocycles. The van der Waals surface area contributed by atoms with Crippen molar-refractivity contribution in [2.45, 2.75) is 18.2 Å². The predicted octanol–water partition coefficient (Wildman–Crippen LogP) is 5.10. The van der Waals surface area contributed by atoms with E-state index in [0.717, 1.165) is 17.7 Å². The van der Waals surface area contributed by atoms with Crippen molar-refractivity contribution in [1.82, 2.24) is 4.98 Å². The Kier molecular flexibility index (Phi) is 4.38. The molecule has 100 valence electrons. The lowest BCUT2D eigenvalue weighted by Crippen LogP contribution is -2.05. The molecule has 0 saturated carbocycles. The zero-order valence-electron chi connectivity index (χ0n) is 10.1. The number of nitrogens with zero attached hydrogens (tertiary/aromatic N) is 1. The van der Waals surface area contributed by atoms with Crippen LogP contribution in [0.5, 0.6) is 0 Å². The van der Waals surface area contributed by atoms with Crippen LogP contribution < -0.4 is 0 Å². The molecule has 19 heavy (non-hydrogen) atoms. The van der Waals surface area contributed by atoms with Crippen LogP contribution in [0.1, 0.15) is 29.3 Å². The molecule has 1 nitrogen and oxygen atoms in total. The Labute approximate surface area is 120 Å². The van der Waals surface area contributed by atoms with E-state index >= 15 is 0 Å². The fourth-order valence-corrected chi connectivity index (χ4v) is 2.32. The molecule has 1 heterocycles. The molecule has 0 fully saturated rings. The van der Waals surface area contributed by atoms with Crippen LogP contribution in [-0.2, 0) is 0 Å². The molecule has 2 atom stereocenters. The van der Waals surface area contributed by atoms with Crippen LogP contribution in [-0.4, -0.2) is 4.98 Å². The van der Waals surface area contributed by atoms with Crippen LogP contribution in [0.2, 0.25) is 5.02 Å². The van der Waals surface area contributed by atoms with E-state index in [1.165, 1.54) is 0 Å². The summed E-state index contributed by atoms with van der Waals surface area (Å²) in [6, 6.07) is 5.59. The van der Waals surface area contributed by atoms with Crippen LogP contribution in [0.25, 0.3) is 0 Å². The van der Waals surface area contributed by atoms with Crippen LogP contribution in [0.3, 0.4) is 0 Å². The van der Waals surface area contributed by atoms with E-state index in [9.17, 15) is 8.78 Å². The SMILES string of the molecule is CC(c1ccncc1)C(Cl)c1cc(F)c(Cl)cc1F. The lowest BCUT2D eigenvalue weighted by molar-refractivity contribution is 0.571. The molecule has 0 bridgehead atoms. The second-order valence-corrected chi connectivity index (χ2v) is 5.14. The average molecular weight is 302 g/mol. The van der Waals surface area contributed by atoms with Gasteiger partial charge in [0.15, 0.2) is 0 Å². The van der Waals surface area contributed by atoms with Crippen molar-refractivity contribution in [2.75, 3.05) is 0 Å². The van der Waals surface area contributed by atoms with Gasteiger partial charge in [-0.3, -0.25) is 4.98 Å². The summed E-state index contributed by atoms with van der Waals surface area (Å²) in [5, 5.41) is -0.934. The van der Waals surface area contributed by atoms with Crippen molar-refractivity contribution in [3.63, 3.8) is 0 Å². The first-order valence-corrected chi connectivity index (χ1v) is 6.50. The fourth-order valence-electron chi connectivity index (χ4n) is 1.85. The summed E-state index contributed by atoms with van der Waals surface area (Å²) < 4.78 is 27.2. The summed E-state index contributed by atoms with van der Waals surface area (Å²) in [7, 11) is 0. The lowest BCUT2D eigenvalue weighted by Gasteiger charge is -2.19. The molecule has 0 radical (unpaired) electrons. The molecular formula is C14H11Cl2F2N. The second-order valence-electron chi connectivity index (χ2n) is 4.26. The van der Waals surface area contributed by atoms with Crippen molar-refractivity contribution in [1.29, 1.82) is 0 Å². The number of pyridine rings is 1. The van der Waals surface area contributed by atoms with Gasteiger partial charge in [0.05, 0.1) is 10.4 Å². The van der Waals surface area contributed by atoms with Crippen LogP contribution in [0.4, 0.5) is 8.78 Å². The average Bonchev–Trinajstić information content (AvgIpc) is 2.42. The fraction of sp³-hybridized carbons (Fsp3) is 0.214. The molecule has 0 aliphatic heterocycles. The molecule has 0 N–H and O–H groups in total. The minimum Gasteiger partial charge on any atom is -0.265 e. The first kappa shape index (κ1) is 14.2. The summed E-state index contributed by atoms with van der Waals surface area (Å²) in [6.45, 7) is 1.85. The minimum atomic E-state index is -0.686. The van der Waals surface area contributed by atoms with E-state index in [-0.39, 0.29) is 16.5 Å². The molecule has 0 aliphatic rings. The molecule has 0 amide bonds. The third-order valence-electron chi connectivity index (χ3n) is 3.01. The maximum Gasteiger partial charge on any atom is 0.142 e. The van der Waals surface area contributed by atoms with Crippen LogP contribution >= 0.6 is 23.2 Å². The molecule has 5 heteroatoms. The number of aromatic nitrogens is 1. The Morgan fingerprint density at radius 1 is 1.11 bits per heavy atom. The monoisotopic (exact) mass is 301 g/mol. The Morgan fingerprint density at radius 2 is 1.74 bits per heavy atom. The van der Waals surface area contributed by atoms with Gasteiger partial charge in [-0.25, -0.2) is 8.78 Å². The lowest BCUT2D eigenvalue weighted by atomic mass is 9.93. The zero-order valence-corrected chi connectivity index (χ0v) is 11.6. The Morgan fingerprint density at radius 3 is 2.37 bits per heavy atom. The van der Waals surface area contributed by atoms with E-state index in [1.807, 2.05) is 6.92 Å². The highest BCUT2D eigenvalue weighted by atomic mass is 35.5. The number of benzene rings is 1. The van der Waals surface area contributed by atoms with Crippen molar-refractivity contribution >= 4 is 23.2 Å². The maximum absolute atomic E-state index is 13.8. The van der Waals surface area contributed by atoms with E-state index in [4.69, 9.17) is 23.2 Å². The Hall–Kier alpha value is -1.19. The molecular weight excluding hydrogens is 291 g/mol. The summed E-state index contributed by atoms with van der Waals surface area (Å²) in [6.07, 6.45) is 3.27. The number of hydrogen-bond acceptors (Lipinski definition) is 1. The number of alkyl halides is 1. The summed E-state index contributed by atoms with van der Waals surface area (Å²) in [5.74, 6) is -1.46. The van der Waals surface area contributed by atoms with Gasteiger partial charge in [-0.15, -0.1) is 11.6 Å². The molecule has 1 aromatic heterocycles. The number of halogens is 4. The standard InChI is InChI=1S/C14H11Cl2F2N/c1-8(9-2-4-19-5-3-9)14(16)10-6-13(18)11(15)7-12(10)17/h2-8,14H,1H3. The van der Waals surface area contributed by atoms with Gasteiger partial charge in [-0.05, 0) is 29.8 Å². The summed E-state index contributed by atoms with van der Waals surface area (Å²) in [5.41, 5.74) is 1.01. The van der Waals surface area contributed by atoms with Gasteiger partial charge >= 0.3 is 0 Å². The van der Waals surface area contributed by atoms with E-state index in [1.54, 1.807) is 24.5 Å². The third kappa shape index (κ3) is 3.04. The van der Waals surface area contributed by atoms with Gasteiger partial charge in [0, 0.05) is 23.9 Å². The van der Waals surface area contributed by atoms with Crippen molar-refractivity contribution in [3.05, 3.63) is 64.4 Å². The van der Waals surface area contributed by atoms with Gasteiger partial charge < -0.3 is 0 Å². The third-order valence-corrected chi connectivity index (χ3v) is 3.91. The topological polar surface area (TPSA) is 12.9 Å². The van der Waals surface area contributed by atoms with Crippen LogP contribution in [0.15, 0.2) is 36.7 Å². The quantitative estimate of drug-likeness (QED) is 0.568. The smallest absolute Gasteiger partial charge is 0.142 e. The number of rotatable bonds is 3. The Balaban J connectivity index is 2.34. The minimum absolute atomic E-state index is 0.105. The van der Waals surface area contributed by atoms with Crippen molar-refractivity contribution in [2.24, 2.45) is 0 Å². The molecule has 2 unspecified atom stereocenters. The summed E-state index contributed by atoms with van der Waals surface area (Å²) >= 11 is 11.8. The molecule has 0 aliphatic carbocycles. The van der Waals surface area contributed by atoms with Crippen molar-refractivity contribution < 1.29 is 8.78 Å². The van der Waals surface area contributed by atoms with Gasteiger partial charge in [0.1, 0.15) is 11.6 Å². The molecule has 2 aromatic rings. The first-order valence-electron chi connectivity index (χ1n) is 5.69. The van der Waals surface area contributed by atoms with Gasteiger partial charge in [-0.2, -0.15) is 0 Å². The highest BCUT2D eigenvalue weighted by Crippen LogP contribution is 2.38. The number of hydrogen-bond donors (Lipinski definition) is 0. The molecule has 0 spiro atoms. The predicted molar refractivity (Wildman–Crippen MR) is 72.6 cm³/mol. The second kappa shape index (κ2) is 5.85. The van der Waals surface area contributed by atoms with Gasteiger partial charge in [-0.1, -0.05) is 18.5 Å². The molecule has 2 rings (SSSR count). The van der Waals surface area contributed by atoms with E-state index in [2.05, 4.69) is 4.98 Å². The van der Waals surface area contributed by atoms with Crippen molar-refractivity contribution in [3.8, 4) is 0 Å². The zero-order chi connectivity index (χ0) is 14.0. The molecule has 1 aromatic carbocycles. The highest BCUT2D eigenvalue weighted by molar-refractivity contribution is 6.30. The highest BCUT2D eigenvalue weighted by Gasteiger charge is 2.23. The Bertz CT molecular complexity index is 575. The normalized spacial score (nSPS) is 14.2. The largest absolute Gasteiger partial charge is 0.265 e.